The highest BCUT2D eigenvalue weighted by Gasteiger charge is 2.48. The van der Waals surface area contributed by atoms with Crippen LogP contribution in [0.1, 0.15) is 103 Å². The van der Waals surface area contributed by atoms with Crippen LogP contribution in [0.15, 0.2) is 103 Å². The maximum absolute atomic E-state index is 2.68. The van der Waals surface area contributed by atoms with E-state index in [0.717, 1.165) is 0 Å². The third-order valence-electron chi connectivity index (χ3n) is 13.9. The second-order valence-corrected chi connectivity index (χ2v) is 21.8. The fourth-order valence-electron chi connectivity index (χ4n) is 10.6. The number of fused-ring (bicyclic) bond motifs is 11. The molecule has 2 aromatic heterocycles. The van der Waals surface area contributed by atoms with Crippen molar-refractivity contribution in [3.63, 3.8) is 0 Å². The first-order valence-corrected chi connectivity index (χ1v) is 21.8. The molecule has 2 aliphatic heterocycles. The van der Waals surface area contributed by atoms with Gasteiger partial charge in [0, 0.05) is 62.8 Å². The summed E-state index contributed by atoms with van der Waals surface area (Å²) in [6.07, 6.45) is 2.41. The van der Waals surface area contributed by atoms with Crippen LogP contribution in [0, 0.1) is 0 Å². The molecule has 0 saturated heterocycles. The Labute approximate surface area is 334 Å². The van der Waals surface area contributed by atoms with Crippen LogP contribution in [0.3, 0.4) is 0 Å². The van der Waals surface area contributed by atoms with Gasteiger partial charge in [-0.3, -0.25) is 0 Å². The Balaban J connectivity index is 1.28. The number of hydrogen-bond acceptors (Lipinski definition) is 3. The monoisotopic (exact) mass is 749 g/mol. The molecule has 6 aromatic carbocycles. The third-order valence-corrected chi connectivity index (χ3v) is 16.2. The Morgan fingerprint density at radius 2 is 1.13 bits per heavy atom. The van der Waals surface area contributed by atoms with E-state index in [-0.39, 0.29) is 28.4 Å². The van der Waals surface area contributed by atoms with Gasteiger partial charge in [0.15, 0.2) is 0 Å². The van der Waals surface area contributed by atoms with Gasteiger partial charge in [0.05, 0.1) is 0 Å². The Morgan fingerprint density at radius 1 is 0.527 bits per heavy atom. The van der Waals surface area contributed by atoms with Gasteiger partial charge in [-0.25, -0.2) is 0 Å². The molecule has 0 unspecified atom stereocenters. The summed E-state index contributed by atoms with van der Waals surface area (Å²) in [6, 6.07) is 40.9. The van der Waals surface area contributed by atoms with E-state index in [1.807, 2.05) is 22.7 Å². The van der Waals surface area contributed by atoms with E-state index in [4.69, 9.17) is 0 Å². The average molecular weight is 750 g/mol. The van der Waals surface area contributed by atoms with Gasteiger partial charge in [0.25, 0.3) is 0 Å². The van der Waals surface area contributed by atoms with Crippen molar-refractivity contribution < 1.29 is 0 Å². The molecule has 0 bridgehead atoms. The van der Waals surface area contributed by atoms with Crippen molar-refractivity contribution in [3.05, 3.63) is 131 Å². The molecule has 0 N–H and O–H groups in total. The van der Waals surface area contributed by atoms with Crippen molar-refractivity contribution in [2.24, 2.45) is 0 Å². The molecule has 0 radical (unpaired) electrons. The Kier molecular flexibility index (Phi) is 6.74. The minimum Gasteiger partial charge on any atom is -0.311 e. The lowest BCUT2D eigenvalue weighted by Crippen LogP contribution is -2.64. The van der Waals surface area contributed by atoms with E-state index < -0.39 is 0 Å². The van der Waals surface area contributed by atoms with Crippen molar-refractivity contribution in [1.29, 1.82) is 0 Å². The molecule has 1 aliphatic carbocycles. The largest absolute Gasteiger partial charge is 0.311 e. The minimum atomic E-state index is -0.193. The molecule has 4 heterocycles. The van der Waals surface area contributed by atoms with Crippen LogP contribution in [-0.2, 0) is 21.7 Å². The lowest BCUT2D eigenvalue weighted by atomic mass is 9.30. The fourth-order valence-corrected chi connectivity index (χ4v) is 12.9. The zero-order chi connectivity index (χ0) is 38.0. The van der Waals surface area contributed by atoms with Crippen LogP contribution in [0.5, 0.6) is 0 Å². The van der Waals surface area contributed by atoms with Gasteiger partial charge < -0.3 is 4.90 Å². The van der Waals surface area contributed by atoms with Gasteiger partial charge in [-0.2, -0.15) is 0 Å². The molecule has 55 heavy (non-hydrogen) atoms. The van der Waals surface area contributed by atoms with Crippen LogP contribution >= 0.6 is 22.7 Å². The molecular weight excluding hydrogens is 702 g/mol. The highest BCUT2D eigenvalue weighted by Crippen LogP contribution is 2.51. The van der Waals surface area contributed by atoms with E-state index in [0.29, 0.717) is 0 Å². The third kappa shape index (κ3) is 4.65. The lowest BCUT2D eigenvalue weighted by Gasteiger charge is -2.47. The molecule has 1 nitrogen and oxygen atoms in total. The first-order chi connectivity index (χ1) is 26.1. The van der Waals surface area contributed by atoms with E-state index in [9.17, 15) is 0 Å². The summed E-state index contributed by atoms with van der Waals surface area (Å²) in [5.41, 5.74) is 15.7. The first kappa shape index (κ1) is 33.9. The van der Waals surface area contributed by atoms with Gasteiger partial charge in [0.2, 0.25) is 6.71 Å². The summed E-state index contributed by atoms with van der Waals surface area (Å²) in [5.74, 6) is 0. The zero-order valence-electron chi connectivity index (χ0n) is 33.6. The van der Waals surface area contributed by atoms with Crippen molar-refractivity contribution in [2.45, 2.75) is 96.8 Å². The van der Waals surface area contributed by atoms with Crippen LogP contribution in [0.25, 0.3) is 40.3 Å². The standard InChI is InChI=1S/C51H48BNS2/c1-48(2,3)29-22-38-47-42(23-29)53(30-18-19-35-36(24-30)50(6,7)21-20-49(35,4)5)41-26-34-32-15-11-13-17-44(32)55-46(34)28-40(41)52(47)39-27-45-33(25-37(39)51(38,8)9)31-14-10-12-16-43(31)54-45/h10-19,22-28H,20-21H2,1-9H3. The molecular formula is C51H48BNS2. The Hall–Kier alpha value is -4.38. The van der Waals surface area contributed by atoms with Crippen molar-refractivity contribution in [2.75, 3.05) is 4.90 Å². The van der Waals surface area contributed by atoms with E-state index in [1.165, 1.54) is 114 Å². The number of hydrogen-bond donors (Lipinski definition) is 0. The normalized spacial score (nSPS) is 17.8. The van der Waals surface area contributed by atoms with Gasteiger partial charge in [-0.15, -0.1) is 22.7 Å². The highest BCUT2D eigenvalue weighted by molar-refractivity contribution is 7.26. The zero-order valence-corrected chi connectivity index (χ0v) is 35.2. The maximum Gasteiger partial charge on any atom is 0.247 e. The molecule has 8 aromatic rings. The molecule has 0 amide bonds. The van der Waals surface area contributed by atoms with Crippen molar-refractivity contribution in [3.8, 4) is 0 Å². The minimum absolute atomic E-state index is 0.0216. The maximum atomic E-state index is 2.68. The summed E-state index contributed by atoms with van der Waals surface area (Å²) >= 11 is 3.89. The van der Waals surface area contributed by atoms with Gasteiger partial charge in [0.1, 0.15) is 0 Å². The second-order valence-electron chi connectivity index (χ2n) is 19.6. The Bertz CT molecular complexity index is 2960. The predicted octanol–water partition coefficient (Wildman–Crippen LogP) is 13.0. The average Bonchev–Trinajstić information content (AvgIpc) is 3.70. The van der Waals surface area contributed by atoms with Gasteiger partial charge >= 0.3 is 0 Å². The number of nitrogens with zero attached hydrogens (tertiary/aromatic N) is 1. The first-order valence-electron chi connectivity index (χ1n) is 20.2. The molecule has 11 rings (SSSR count). The molecule has 0 spiro atoms. The number of benzene rings is 6. The summed E-state index contributed by atoms with van der Waals surface area (Å²) in [5, 5.41) is 5.47. The fraction of sp³-hybridized carbons (Fsp3) is 0.294. The van der Waals surface area contributed by atoms with Gasteiger partial charge in [-0.05, 0) is 122 Å². The van der Waals surface area contributed by atoms with Crippen LogP contribution in [0.4, 0.5) is 17.1 Å². The van der Waals surface area contributed by atoms with Gasteiger partial charge in [-0.1, -0.05) is 116 Å². The SMILES string of the molecule is CC(C)(C)c1cc2c3c(c1)C(C)(C)c1cc4c(cc1B3c1cc3sc5ccccc5c3cc1N2c1ccc2c(c1)C(C)(C)CCC2(C)C)sc1ccccc14. The van der Waals surface area contributed by atoms with Crippen molar-refractivity contribution >= 4 is 103 Å². The second kappa shape index (κ2) is 10.9. The molecule has 4 heteroatoms. The van der Waals surface area contributed by atoms with Crippen molar-refractivity contribution in [1.82, 2.24) is 0 Å². The number of thiophene rings is 2. The summed E-state index contributed by atoms with van der Waals surface area (Å²) < 4.78 is 5.48. The molecule has 0 saturated carbocycles. The van der Waals surface area contributed by atoms with Crippen LogP contribution in [0.2, 0.25) is 0 Å². The summed E-state index contributed by atoms with van der Waals surface area (Å²) in [7, 11) is 0. The topological polar surface area (TPSA) is 3.24 Å². The summed E-state index contributed by atoms with van der Waals surface area (Å²) in [6.45, 7) is 22.1. The molecule has 0 fully saturated rings. The Morgan fingerprint density at radius 3 is 1.78 bits per heavy atom. The van der Waals surface area contributed by atoms with E-state index in [1.54, 1.807) is 0 Å². The quantitative estimate of drug-likeness (QED) is 0.151. The van der Waals surface area contributed by atoms with E-state index >= 15 is 0 Å². The van der Waals surface area contributed by atoms with Crippen LogP contribution in [-0.4, -0.2) is 6.71 Å². The van der Waals surface area contributed by atoms with E-state index in [2.05, 4.69) is 170 Å². The van der Waals surface area contributed by atoms with Crippen LogP contribution < -0.4 is 21.3 Å². The highest BCUT2D eigenvalue weighted by atomic mass is 32.1. The summed E-state index contributed by atoms with van der Waals surface area (Å²) in [4.78, 5) is 2.68. The molecule has 0 atom stereocenters. The molecule has 3 aliphatic rings. The predicted molar refractivity (Wildman–Crippen MR) is 244 cm³/mol. The smallest absolute Gasteiger partial charge is 0.247 e. The number of anilines is 3. The lowest BCUT2D eigenvalue weighted by molar-refractivity contribution is 0.332. The number of rotatable bonds is 1. The molecule has 272 valence electrons.